The van der Waals surface area contributed by atoms with Gasteiger partial charge in [0, 0.05) is 6.20 Å². The Bertz CT molecular complexity index is 571. The number of aromatic nitrogens is 1. The van der Waals surface area contributed by atoms with Crippen LogP contribution in [0.5, 0.6) is 0 Å². The third kappa shape index (κ3) is 2.82. The zero-order valence-electron chi connectivity index (χ0n) is 9.21. The molecule has 1 heterocycles. The molecule has 18 heavy (non-hydrogen) atoms. The summed E-state index contributed by atoms with van der Waals surface area (Å²) in [7, 11) is -4.07. The first kappa shape index (κ1) is 12.9. The maximum absolute atomic E-state index is 12.9. The SMILES string of the molecule is O=C(O)C(NS(=O)(=O)c1cncc(F)c1)C1CC1. The summed E-state index contributed by atoms with van der Waals surface area (Å²) in [4.78, 5) is 14.0. The summed E-state index contributed by atoms with van der Waals surface area (Å²) in [6, 6.07) is -0.375. The third-order valence-corrected chi connectivity index (χ3v) is 4.04. The Morgan fingerprint density at radius 1 is 1.50 bits per heavy atom. The molecule has 6 nitrogen and oxygen atoms in total. The Labute approximate surface area is 103 Å². The summed E-state index contributed by atoms with van der Waals surface area (Å²) in [6.45, 7) is 0. The first-order valence-electron chi connectivity index (χ1n) is 5.26. The summed E-state index contributed by atoms with van der Waals surface area (Å²) >= 11 is 0. The van der Waals surface area contributed by atoms with Gasteiger partial charge in [-0.15, -0.1) is 0 Å². The normalized spacial score (nSPS) is 17.4. The van der Waals surface area contributed by atoms with Crippen LogP contribution in [0.2, 0.25) is 0 Å². The maximum atomic E-state index is 12.9. The van der Waals surface area contributed by atoms with E-state index in [1.807, 2.05) is 0 Å². The number of hydrogen-bond acceptors (Lipinski definition) is 4. The highest BCUT2D eigenvalue weighted by Gasteiger charge is 2.39. The highest BCUT2D eigenvalue weighted by atomic mass is 32.2. The quantitative estimate of drug-likeness (QED) is 0.808. The first-order valence-corrected chi connectivity index (χ1v) is 6.74. The number of rotatable bonds is 5. The molecule has 1 aromatic heterocycles. The second kappa shape index (κ2) is 4.62. The second-order valence-corrected chi connectivity index (χ2v) is 5.83. The van der Waals surface area contributed by atoms with Gasteiger partial charge in [0.05, 0.1) is 6.20 Å². The number of carboxylic acid groups (broad SMARTS) is 1. The molecule has 1 saturated carbocycles. The van der Waals surface area contributed by atoms with Gasteiger partial charge in [0.1, 0.15) is 16.8 Å². The second-order valence-electron chi connectivity index (χ2n) is 4.11. The Morgan fingerprint density at radius 2 is 2.17 bits per heavy atom. The molecule has 0 spiro atoms. The number of carboxylic acids is 1. The Kier molecular flexibility index (Phi) is 3.31. The average molecular weight is 274 g/mol. The summed E-state index contributed by atoms with van der Waals surface area (Å²) in [5, 5.41) is 8.93. The van der Waals surface area contributed by atoms with E-state index in [4.69, 9.17) is 5.11 Å². The van der Waals surface area contributed by atoms with Crippen molar-refractivity contribution in [1.29, 1.82) is 0 Å². The average Bonchev–Trinajstić information content (AvgIpc) is 3.09. The van der Waals surface area contributed by atoms with E-state index in [-0.39, 0.29) is 10.8 Å². The minimum atomic E-state index is -4.07. The standard InChI is InChI=1S/C10H11FN2O4S/c11-7-3-8(5-12-4-7)18(16,17)13-9(10(14)15)6-1-2-6/h3-6,9,13H,1-2H2,(H,14,15). The molecule has 1 atom stereocenters. The fraction of sp³-hybridized carbons (Fsp3) is 0.400. The largest absolute Gasteiger partial charge is 0.480 e. The number of hydrogen-bond donors (Lipinski definition) is 2. The predicted octanol–water partition coefficient (Wildman–Crippen LogP) is 0.362. The van der Waals surface area contributed by atoms with Crippen molar-refractivity contribution in [2.45, 2.75) is 23.8 Å². The van der Waals surface area contributed by atoms with Crippen molar-refractivity contribution in [3.8, 4) is 0 Å². The van der Waals surface area contributed by atoms with Crippen LogP contribution >= 0.6 is 0 Å². The van der Waals surface area contributed by atoms with E-state index in [0.717, 1.165) is 18.5 Å². The summed E-state index contributed by atoms with van der Waals surface area (Å²) in [6.07, 6.45) is 3.17. The molecule has 0 aliphatic heterocycles. The zero-order chi connectivity index (χ0) is 13.3. The van der Waals surface area contributed by atoms with Gasteiger partial charge in [0.2, 0.25) is 10.0 Å². The lowest BCUT2D eigenvalue weighted by Crippen LogP contribution is -2.42. The molecule has 1 fully saturated rings. The number of nitrogens with zero attached hydrogens (tertiary/aromatic N) is 1. The van der Waals surface area contributed by atoms with Crippen molar-refractivity contribution in [2.24, 2.45) is 5.92 Å². The molecule has 0 bridgehead atoms. The minimum absolute atomic E-state index is 0.196. The van der Waals surface area contributed by atoms with Crippen molar-refractivity contribution >= 4 is 16.0 Å². The molecule has 1 aromatic rings. The van der Waals surface area contributed by atoms with Crippen molar-refractivity contribution in [3.63, 3.8) is 0 Å². The van der Waals surface area contributed by atoms with E-state index >= 15 is 0 Å². The van der Waals surface area contributed by atoms with Crippen LogP contribution in [0.1, 0.15) is 12.8 Å². The van der Waals surface area contributed by atoms with E-state index in [1.165, 1.54) is 0 Å². The highest BCUT2D eigenvalue weighted by Crippen LogP contribution is 2.33. The molecule has 0 radical (unpaired) electrons. The van der Waals surface area contributed by atoms with Gasteiger partial charge in [0.15, 0.2) is 0 Å². The summed E-state index contributed by atoms with van der Waals surface area (Å²) in [5.74, 6) is -2.22. The van der Waals surface area contributed by atoms with Crippen molar-refractivity contribution in [1.82, 2.24) is 9.71 Å². The molecule has 0 amide bonds. The zero-order valence-corrected chi connectivity index (χ0v) is 10.0. The summed E-state index contributed by atoms with van der Waals surface area (Å²) < 4.78 is 38.7. The first-order chi connectivity index (χ1) is 8.40. The van der Waals surface area contributed by atoms with E-state index in [9.17, 15) is 17.6 Å². The molecule has 2 rings (SSSR count). The van der Waals surface area contributed by atoms with Gasteiger partial charge >= 0.3 is 5.97 Å². The van der Waals surface area contributed by atoms with Crippen LogP contribution < -0.4 is 4.72 Å². The molecule has 2 N–H and O–H groups in total. The predicted molar refractivity (Wildman–Crippen MR) is 58.7 cm³/mol. The van der Waals surface area contributed by atoms with Gasteiger partial charge in [-0.05, 0) is 24.8 Å². The third-order valence-electron chi connectivity index (χ3n) is 2.63. The molecule has 1 aliphatic carbocycles. The number of nitrogens with one attached hydrogen (secondary N) is 1. The number of aliphatic carboxylic acids is 1. The molecule has 8 heteroatoms. The molecule has 1 unspecified atom stereocenters. The molecular formula is C10H11FN2O4S. The van der Waals surface area contributed by atoms with Crippen LogP contribution in [-0.4, -0.2) is 30.5 Å². The lowest BCUT2D eigenvalue weighted by molar-refractivity contribution is -0.139. The van der Waals surface area contributed by atoms with Crippen LogP contribution in [0.15, 0.2) is 23.4 Å². The van der Waals surface area contributed by atoms with Crippen molar-refractivity contribution < 1.29 is 22.7 Å². The van der Waals surface area contributed by atoms with Crippen LogP contribution in [0.4, 0.5) is 4.39 Å². The Balaban J connectivity index is 2.23. The monoisotopic (exact) mass is 274 g/mol. The molecule has 0 aromatic carbocycles. The number of sulfonamides is 1. The fourth-order valence-electron chi connectivity index (χ4n) is 1.55. The Hall–Kier alpha value is -1.54. The minimum Gasteiger partial charge on any atom is -0.480 e. The number of carbonyl (C=O) groups is 1. The van der Waals surface area contributed by atoms with Crippen LogP contribution in [0.25, 0.3) is 0 Å². The van der Waals surface area contributed by atoms with E-state index in [0.29, 0.717) is 12.8 Å². The number of halogens is 1. The van der Waals surface area contributed by atoms with Gasteiger partial charge in [-0.1, -0.05) is 0 Å². The summed E-state index contributed by atoms with van der Waals surface area (Å²) in [5.41, 5.74) is 0. The lowest BCUT2D eigenvalue weighted by Gasteiger charge is -2.13. The van der Waals surface area contributed by atoms with Crippen LogP contribution in [0, 0.1) is 11.7 Å². The van der Waals surface area contributed by atoms with Crippen LogP contribution in [-0.2, 0) is 14.8 Å². The molecular weight excluding hydrogens is 263 g/mol. The van der Waals surface area contributed by atoms with E-state index < -0.39 is 27.9 Å². The highest BCUT2D eigenvalue weighted by molar-refractivity contribution is 7.89. The van der Waals surface area contributed by atoms with Gasteiger partial charge in [-0.2, -0.15) is 4.72 Å². The van der Waals surface area contributed by atoms with E-state index in [1.54, 1.807) is 0 Å². The topological polar surface area (TPSA) is 96.4 Å². The van der Waals surface area contributed by atoms with E-state index in [2.05, 4.69) is 9.71 Å². The van der Waals surface area contributed by atoms with Crippen LogP contribution in [0.3, 0.4) is 0 Å². The maximum Gasteiger partial charge on any atom is 0.322 e. The van der Waals surface area contributed by atoms with Gasteiger partial charge < -0.3 is 5.11 Å². The fourth-order valence-corrected chi connectivity index (χ4v) is 2.78. The smallest absolute Gasteiger partial charge is 0.322 e. The lowest BCUT2D eigenvalue weighted by atomic mass is 10.2. The van der Waals surface area contributed by atoms with Crippen molar-refractivity contribution in [3.05, 3.63) is 24.3 Å². The van der Waals surface area contributed by atoms with Crippen molar-refractivity contribution in [2.75, 3.05) is 0 Å². The molecule has 98 valence electrons. The van der Waals surface area contributed by atoms with Gasteiger partial charge in [0.25, 0.3) is 0 Å². The van der Waals surface area contributed by atoms with Gasteiger partial charge in [-0.3, -0.25) is 9.78 Å². The number of pyridine rings is 1. The van der Waals surface area contributed by atoms with Gasteiger partial charge in [-0.25, -0.2) is 12.8 Å². The molecule has 1 aliphatic rings. The Morgan fingerprint density at radius 3 is 2.67 bits per heavy atom. The molecule has 0 saturated heterocycles.